The Morgan fingerprint density at radius 2 is 2.35 bits per heavy atom. The van der Waals surface area contributed by atoms with Gasteiger partial charge in [0.25, 0.3) is 0 Å². The van der Waals surface area contributed by atoms with Crippen molar-refractivity contribution >= 4 is 17.5 Å². The molecule has 1 unspecified atom stereocenters. The lowest BCUT2D eigenvalue weighted by Crippen LogP contribution is -2.33. The smallest absolute Gasteiger partial charge is 0.322 e. The zero-order valence-electron chi connectivity index (χ0n) is 9.64. The Labute approximate surface area is 99.6 Å². The van der Waals surface area contributed by atoms with Gasteiger partial charge in [-0.2, -0.15) is 0 Å². The first-order valence-electron chi connectivity index (χ1n) is 5.51. The van der Waals surface area contributed by atoms with Crippen molar-refractivity contribution in [2.45, 2.75) is 13.0 Å². The first-order chi connectivity index (χ1) is 8.11. The molecule has 2 rings (SSSR count). The quantitative estimate of drug-likeness (QED) is 0.756. The number of nitrogens with two attached hydrogens (primary N) is 1. The summed E-state index contributed by atoms with van der Waals surface area (Å²) in [6.07, 6.45) is 0. The molecule has 17 heavy (non-hydrogen) atoms. The SMILES string of the molecule is CC(=O)c1cccc(N2CC(CN)NC2=O)c1. The maximum atomic E-state index is 11.7. The molecule has 5 nitrogen and oxygen atoms in total. The van der Waals surface area contributed by atoms with E-state index in [0.717, 1.165) is 5.69 Å². The first-order valence-corrected chi connectivity index (χ1v) is 5.51. The third kappa shape index (κ3) is 2.29. The van der Waals surface area contributed by atoms with Crippen molar-refractivity contribution in [2.24, 2.45) is 5.73 Å². The van der Waals surface area contributed by atoms with E-state index < -0.39 is 0 Å². The average Bonchev–Trinajstić information content (AvgIpc) is 2.71. The van der Waals surface area contributed by atoms with E-state index in [1.165, 1.54) is 6.92 Å². The van der Waals surface area contributed by atoms with Crippen LogP contribution in [0.1, 0.15) is 17.3 Å². The van der Waals surface area contributed by atoms with Crippen molar-refractivity contribution in [1.82, 2.24) is 5.32 Å². The molecule has 0 aliphatic carbocycles. The minimum absolute atomic E-state index is 0.0122. The molecule has 0 bridgehead atoms. The van der Waals surface area contributed by atoms with Gasteiger partial charge in [-0.3, -0.25) is 9.69 Å². The number of hydrogen-bond donors (Lipinski definition) is 2. The van der Waals surface area contributed by atoms with Crippen molar-refractivity contribution in [3.05, 3.63) is 29.8 Å². The lowest BCUT2D eigenvalue weighted by atomic mass is 10.1. The summed E-state index contributed by atoms with van der Waals surface area (Å²) in [4.78, 5) is 24.6. The van der Waals surface area contributed by atoms with Gasteiger partial charge in [-0.1, -0.05) is 12.1 Å². The molecule has 1 atom stereocenters. The summed E-state index contributed by atoms with van der Waals surface area (Å²) >= 11 is 0. The van der Waals surface area contributed by atoms with Crippen molar-refractivity contribution < 1.29 is 9.59 Å². The van der Waals surface area contributed by atoms with E-state index >= 15 is 0 Å². The standard InChI is InChI=1S/C12H15N3O2/c1-8(16)9-3-2-4-11(5-9)15-7-10(6-13)14-12(15)17/h2-5,10H,6-7,13H2,1H3,(H,14,17). The Hall–Kier alpha value is -1.88. The van der Waals surface area contributed by atoms with Crippen LogP contribution in [0.4, 0.5) is 10.5 Å². The lowest BCUT2D eigenvalue weighted by molar-refractivity contribution is 0.101. The molecule has 2 amide bonds. The molecule has 90 valence electrons. The largest absolute Gasteiger partial charge is 0.332 e. The molecule has 0 radical (unpaired) electrons. The van der Waals surface area contributed by atoms with Gasteiger partial charge in [-0.25, -0.2) is 4.79 Å². The van der Waals surface area contributed by atoms with E-state index in [9.17, 15) is 9.59 Å². The van der Waals surface area contributed by atoms with Gasteiger partial charge in [0.05, 0.1) is 6.04 Å². The van der Waals surface area contributed by atoms with Gasteiger partial charge in [0.2, 0.25) is 0 Å². The van der Waals surface area contributed by atoms with Crippen LogP contribution in [0.15, 0.2) is 24.3 Å². The second kappa shape index (κ2) is 4.55. The highest BCUT2D eigenvalue weighted by molar-refractivity contribution is 5.98. The van der Waals surface area contributed by atoms with Gasteiger partial charge >= 0.3 is 6.03 Å². The Balaban J connectivity index is 2.25. The van der Waals surface area contributed by atoms with Gasteiger partial charge in [-0.05, 0) is 19.1 Å². The van der Waals surface area contributed by atoms with Crippen molar-refractivity contribution in [3.63, 3.8) is 0 Å². The fourth-order valence-electron chi connectivity index (χ4n) is 1.85. The van der Waals surface area contributed by atoms with Crippen LogP contribution < -0.4 is 16.0 Å². The number of Topliss-reactive ketones (excluding diaryl/α,β-unsaturated/α-hetero) is 1. The Morgan fingerprint density at radius 3 is 2.94 bits per heavy atom. The Morgan fingerprint density at radius 1 is 1.59 bits per heavy atom. The van der Waals surface area contributed by atoms with Crippen LogP contribution in [-0.2, 0) is 0 Å². The van der Waals surface area contributed by atoms with E-state index in [1.807, 2.05) is 6.07 Å². The highest BCUT2D eigenvalue weighted by Gasteiger charge is 2.28. The third-order valence-corrected chi connectivity index (χ3v) is 2.82. The van der Waals surface area contributed by atoms with Crippen LogP contribution in [0.25, 0.3) is 0 Å². The number of ketones is 1. The fourth-order valence-corrected chi connectivity index (χ4v) is 1.85. The van der Waals surface area contributed by atoms with Gasteiger partial charge in [0, 0.05) is 24.3 Å². The topological polar surface area (TPSA) is 75.4 Å². The fraction of sp³-hybridized carbons (Fsp3) is 0.333. The highest BCUT2D eigenvalue weighted by Crippen LogP contribution is 2.19. The number of carbonyl (C=O) groups excluding carboxylic acids is 2. The summed E-state index contributed by atoms with van der Waals surface area (Å²) in [7, 11) is 0. The summed E-state index contributed by atoms with van der Waals surface area (Å²) in [5, 5.41) is 2.78. The summed E-state index contributed by atoms with van der Waals surface area (Å²) in [6, 6.07) is 6.85. The second-order valence-corrected chi connectivity index (χ2v) is 4.10. The van der Waals surface area contributed by atoms with E-state index in [4.69, 9.17) is 5.73 Å². The predicted molar refractivity (Wildman–Crippen MR) is 65.2 cm³/mol. The van der Waals surface area contributed by atoms with E-state index in [-0.39, 0.29) is 17.9 Å². The van der Waals surface area contributed by atoms with Crippen LogP contribution in [0.2, 0.25) is 0 Å². The Bertz CT molecular complexity index is 459. The van der Waals surface area contributed by atoms with Crippen LogP contribution in [-0.4, -0.2) is 30.9 Å². The minimum atomic E-state index is -0.166. The summed E-state index contributed by atoms with van der Waals surface area (Å²) in [5.74, 6) is -0.0122. The highest BCUT2D eigenvalue weighted by atomic mass is 16.2. The molecule has 3 N–H and O–H groups in total. The number of nitrogens with one attached hydrogen (secondary N) is 1. The minimum Gasteiger partial charge on any atom is -0.332 e. The number of amides is 2. The maximum Gasteiger partial charge on any atom is 0.322 e. The number of carbonyl (C=O) groups is 2. The summed E-state index contributed by atoms with van der Waals surface area (Å²) in [6.45, 7) is 2.46. The first kappa shape index (κ1) is 11.6. The molecule has 1 fully saturated rings. The van der Waals surface area contributed by atoms with Crippen LogP contribution in [0, 0.1) is 0 Å². The number of urea groups is 1. The van der Waals surface area contributed by atoms with Crippen molar-refractivity contribution in [3.8, 4) is 0 Å². The maximum absolute atomic E-state index is 11.7. The average molecular weight is 233 g/mol. The molecule has 1 aliphatic heterocycles. The van der Waals surface area contributed by atoms with Gasteiger partial charge in [-0.15, -0.1) is 0 Å². The number of hydrogen-bond acceptors (Lipinski definition) is 3. The van der Waals surface area contributed by atoms with Crippen LogP contribution >= 0.6 is 0 Å². The molecular formula is C12H15N3O2. The number of rotatable bonds is 3. The number of anilines is 1. The molecule has 1 heterocycles. The van der Waals surface area contributed by atoms with Crippen molar-refractivity contribution in [2.75, 3.05) is 18.0 Å². The van der Waals surface area contributed by atoms with Gasteiger partial charge in [0.1, 0.15) is 0 Å². The second-order valence-electron chi connectivity index (χ2n) is 4.10. The molecular weight excluding hydrogens is 218 g/mol. The van der Waals surface area contributed by atoms with E-state index in [0.29, 0.717) is 18.7 Å². The zero-order chi connectivity index (χ0) is 12.4. The molecule has 1 aromatic carbocycles. The normalized spacial score (nSPS) is 19.3. The molecule has 1 aliphatic rings. The van der Waals surface area contributed by atoms with Crippen molar-refractivity contribution in [1.29, 1.82) is 0 Å². The van der Waals surface area contributed by atoms with E-state index in [1.54, 1.807) is 23.1 Å². The molecule has 0 saturated carbocycles. The van der Waals surface area contributed by atoms with Gasteiger partial charge in [0.15, 0.2) is 5.78 Å². The Kier molecular flexibility index (Phi) is 3.10. The molecule has 0 aromatic heterocycles. The number of benzene rings is 1. The molecule has 1 aromatic rings. The zero-order valence-corrected chi connectivity index (χ0v) is 9.64. The van der Waals surface area contributed by atoms with Crippen LogP contribution in [0.3, 0.4) is 0 Å². The molecule has 0 spiro atoms. The molecule has 1 saturated heterocycles. The van der Waals surface area contributed by atoms with Crippen LogP contribution in [0.5, 0.6) is 0 Å². The molecule has 5 heteroatoms. The van der Waals surface area contributed by atoms with Gasteiger partial charge < -0.3 is 11.1 Å². The summed E-state index contributed by atoms with van der Waals surface area (Å²) in [5.41, 5.74) is 6.85. The predicted octanol–water partition coefficient (Wildman–Crippen LogP) is 0.746. The number of nitrogens with zero attached hydrogens (tertiary/aromatic N) is 1. The monoisotopic (exact) mass is 233 g/mol. The summed E-state index contributed by atoms with van der Waals surface area (Å²) < 4.78 is 0. The third-order valence-electron chi connectivity index (χ3n) is 2.82. The van der Waals surface area contributed by atoms with E-state index in [2.05, 4.69) is 5.32 Å². The lowest BCUT2D eigenvalue weighted by Gasteiger charge is -2.15.